The summed E-state index contributed by atoms with van der Waals surface area (Å²) in [7, 11) is 1.70. The van der Waals surface area contributed by atoms with Gasteiger partial charge < -0.3 is 4.74 Å². The maximum atomic E-state index is 5.25. The lowest BCUT2D eigenvalue weighted by molar-refractivity contribution is 0.414. The SMILES string of the molecule is COc1cc(Br)c2c(c1)C(Br)C(C)C2. The second-order valence-electron chi connectivity index (χ2n) is 3.76. The Hall–Kier alpha value is -0.0200. The highest BCUT2D eigenvalue weighted by molar-refractivity contribution is 9.10. The molecule has 3 heteroatoms. The van der Waals surface area contributed by atoms with Crippen LogP contribution in [0, 0.1) is 5.92 Å². The third-order valence-corrected chi connectivity index (χ3v) is 4.87. The smallest absolute Gasteiger partial charge is 0.120 e. The molecule has 1 aliphatic rings. The van der Waals surface area contributed by atoms with Crippen molar-refractivity contribution in [2.45, 2.75) is 18.2 Å². The van der Waals surface area contributed by atoms with Gasteiger partial charge in [0.15, 0.2) is 0 Å². The van der Waals surface area contributed by atoms with Crippen LogP contribution in [0.1, 0.15) is 22.9 Å². The van der Waals surface area contributed by atoms with Gasteiger partial charge in [0.25, 0.3) is 0 Å². The van der Waals surface area contributed by atoms with E-state index in [0.29, 0.717) is 10.7 Å². The molecule has 0 spiro atoms. The minimum Gasteiger partial charge on any atom is -0.497 e. The van der Waals surface area contributed by atoms with E-state index in [-0.39, 0.29) is 0 Å². The van der Waals surface area contributed by atoms with E-state index in [1.165, 1.54) is 15.6 Å². The normalized spacial score (nSPS) is 24.9. The Balaban J connectivity index is 2.52. The molecule has 14 heavy (non-hydrogen) atoms. The molecule has 2 rings (SSSR count). The monoisotopic (exact) mass is 318 g/mol. The predicted molar refractivity (Wildman–Crippen MR) is 65.2 cm³/mol. The summed E-state index contributed by atoms with van der Waals surface area (Å²) in [5.41, 5.74) is 2.78. The van der Waals surface area contributed by atoms with Gasteiger partial charge in [-0.15, -0.1) is 0 Å². The largest absolute Gasteiger partial charge is 0.497 e. The van der Waals surface area contributed by atoms with E-state index in [1.54, 1.807) is 7.11 Å². The zero-order chi connectivity index (χ0) is 10.3. The van der Waals surface area contributed by atoms with Crippen molar-refractivity contribution in [3.63, 3.8) is 0 Å². The van der Waals surface area contributed by atoms with Crippen molar-refractivity contribution in [3.05, 3.63) is 27.7 Å². The van der Waals surface area contributed by atoms with Gasteiger partial charge in [-0.2, -0.15) is 0 Å². The number of ether oxygens (including phenoxy) is 1. The lowest BCUT2D eigenvalue weighted by atomic mass is 10.1. The van der Waals surface area contributed by atoms with Gasteiger partial charge in [0.1, 0.15) is 5.75 Å². The molecule has 0 aliphatic heterocycles. The van der Waals surface area contributed by atoms with Crippen LogP contribution in [-0.2, 0) is 6.42 Å². The Labute approximate surface area is 101 Å². The van der Waals surface area contributed by atoms with E-state index in [0.717, 1.165) is 12.2 Å². The first-order valence-corrected chi connectivity index (χ1v) is 6.34. The maximum Gasteiger partial charge on any atom is 0.120 e. The third-order valence-electron chi connectivity index (χ3n) is 2.76. The number of alkyl halides is 1. The molecule has 0 aromatic heterocycles. The Morgan fingerprint density at radius 1 is 1.43 bits per heavy atom. The van der Waals surface area contributed by atoms with Crippen molar-refractivity contribution in [1.29, 1.82) is 0 Å². The summed E-state index contributed by atoms with van der Waals surface area (Å²) in [6, 6.07) is 4.17. The molecule has 0 saturated heterocycles. The van der Waals surface area contributed by atoms with Crippen LogP contribution in [0.15, 0.2) is 16.6 Å². The predicted octanol–water partition coefficient (Wildman–Crippen LogP) is 4.09. The second-order valence-corrected chi connectivity index (χ2v) is 5.60. The number of rotatable bonds is 1. The standard InChI is InChI=1S/C11H12Br2O/c1-6-3-8-9(11(6)13)4-7(14-2)5-10(8)12/h4-6,11H,3H2,1-2H3. The Bertz CT molecular complexity index is 363. The maximum absolute atomic E-state index is 5.25. The average molecular weight is 320 g/mol. The second kappa shape index (κ2) is 3.86. The van der Waals surface area contributed by atoms with Crippen molar-refractivity contribution in [1.82, 2.24) is 0 Å². The lowest BCUT2D eigenvalue weighted by Crippen LogP contribution is -1.94. The Morgan fingerprint density at radius 3 is 2.79 bits per heavy atom. The molecule has 1 aromatic carbocycles. The van der Waals surface area contributed by atoms with E-state index >= 15 is 0 Å². The van der Waals surface area contributed by atoms with Crippen molar-refractivity contribution in [3.8, 4) is 5.75 Å². The van der Waals surface area contributed by atoms with Gasteiger partial charge in [-0.1, -0.05) is 38.8 Å². The van der Waals surface area contributed by atoms with Crippen LogP contribution in [0.2, 0.25) is 0 Å². The molecule has 2 atom stereocenters. The number of hydrogen-bond acceptors (Lipinski definition) is 1. The van der Waals surface area contributed by atoms with Crippen LogP contribution in [0.25, 0.3) is 0 Å². The van der Waals surface area contributed by atoms with Gasteiger partial charge in [-0.25, -0.2) is 0 Å². The summed E-state index contributed by atoms with van der Waals surface area (Å²) >= 11 is 7.32. The molecule has 0 radical (unpaired) electrons. The first kappa shape index (κ1) is 10.5. The number of halogens is 2. The molecule has 1 aliphatic carbocycles. The minimum absolute atomic E-state index is 0.462. The number of hydrogen-bond donors (Lipinski definition) is 0. The molecule has 0 N–H and O–H groups in total. The summed E-state index contributed by atoms with van der Waals surface area (Å²) in [6.07, 6.45) is 1.13. The van der Waals surface area contributed by atoms with Crippen molar-refractivity contribution >= 4 is 31.9 Å². The van der Waals surface area contributed by atoms with E-state index in [2.05, 4.69) is 44.8 Å². The van der Waals surface area contributed by atoms with Crippen molar-refractivity contribution in [2.75, 3.05) is 7.11 Å². The minimum atomic E-state index is 0.462. The average Bonchev–Trinajstić information content (AvgIpc) is 2.45. The van der Waals surface area contributed by atoms with Gasteiger partial charge in [0.2, 0.25) is 0 Å². The number of fused-ring (bicyclic) bond motifs is 1. The molecule has 2 unspecified atom stereocenters. The lowest BCUT2D eigenvalue weighted by Gasteiger charge is -2.09. The summed E-state index contributed by atoms with van der Waals surface area (Å²) < 4.78 is 6.42. The van der Waals surface area contributed by atoms with Crippen LogP contribution in [0.5, 0.6) is 5.75 Å². The molecule has 0 bridgehead atoms. The quantitative estimate of drug-likeness (QED) is 0.709. The topological polar surface area (TPSA) is 9.23 Å². The summed E-state index contributed by atoms with van der Waals surface area (Å²) in [4.78, 5) is 0.462. The summed E-state index contributed by atoms with van der Waals surface area (Å²) in [5.74, 6) is 1.59. The Morgan fingerprint density at radius 2 is 2.14 bits per heavy atom. The van der Waals surface area contributed by atoms with Gasteiger partial charge in [-0.05, 0) is 35.6 Å². The Kier molecular flexibility index (Phi) is 2.89. The highest BCUT2D eigenvalue weighted by Gasteiger charge is 2.29. The molecule has 1 aromatic rings. The van der Waals surface area contributed by atoms with Gasteiger partial charge >= 0.3 is 0 Å². The first-order chi connectivity index (χ1) is 6.63. The summed E-state index contributed by atoms with van der Waals surface area (Å²) in [6.45, 7) is 2.26. The van der Waals surface area contributed by atoms with Crippen LogP contribution in [-0.4, -0.2) is 7.11 Å². The fourth-order valence-electron chi connectivity index (χ4n) is 1.94. The van der Waals surface area contributed by atoms with Gasteiger partial charge in [0.05, 0.1) is 7.11 Å². The van der Waals surface area contributed by atoms with Crippen LogP contribution < -0.4 is 4.74 Å². The van der Waals surface area contributed by atoms with Crippen molar-refractivity contribution < 1.29 is 4.74 Å². The van der Waals surface area contributed by atoms with E-state index in [9.17, 15) is 0 Å². The van der Waals surface area contributed by atoms with Crippen LogP contribution in [0.4, 0.5) is 0 Å². The molecule has 1 nitrogen and oxygen atoms in total. The molecular weight excluding hydrogens is 308 g/mol. The molecule has 0 saturated carbocycles. The molecule has 0 fully saturated rings. The summed E-state index contributed by atoms with van der Waals surface area (Å²) in [5, 5.41) is 0. The van der Waals surface area contributed by atoms with Gasteiger partial charge in [-0.3, -0.25) is 0 Å². The number of methoxy groups -OCH3 is 1. The van der Waals surface area contributed by atoms with Gasteiger partial charge in [0, 0.05) is 9.30 Å². The van der Waals surface area contributed by atoms with E-state index in [4.69, 9.17) is 4.74 Å². The van der Waals surface area contributed by atoms with Crippen molar-refractivity contribution in [2.24, 2.45) is 5.92 Å². The molecular formula is C11H12Br2O. The number of benzene rings is 1. The van der Waals surface area contributed by atoms with E-state index < -0.39 is 0 Å². The third kappa shape index (κ3) is 1.61. The molecule has 76 valence electrons. The van der Waals surface area contributed by atoms with Crippen LogP contribution in [0.3, 0.4) is 0 Å². The highest BCUT2D eigenvalue weighted by Crippen LogP contribution is 2.46. The molecule has 0 amide bonds. The zero-order valence-electron chi connectivity index (χ0n) is 8.18. The fourth-order valence-corrected chi connectivity index (χ4v) is 3.15. The highest BCUT2D eigenvalue weighted by atomic mass is 79.9. The van der Waals surface area contributed by atoms with Crippen LogP contribution >= 0.6 is 31.9 Å². The van der Waals surface area contributed by atoms with E-state index in [1.807, 2.05) is 6.07 Å². The molecule has 0 heterocycles. The first-order valence-electron chi connectivity index (χ1n) is 4.64. The fraction of sp³-hybridized carbons (Fsp3) is 0.455. The zero-order valence-corrected chi connectivity index (χ0v) is 11.4.